The molecule has 25 heavy (non-hydrogen) atoms. The molecular weight excluding hydrogens is 347 g/mol. The van der Waals surface area contributed by atoms with E-state index in [2.05, 4.69) is 20.3 Å². The fourth-order valence-electron chi connectivity index (χ4n) is 2.43. The molecule has 0 aliphatic carbocycles. The maximum Gasteiger partial charge on any atom is 0.234 e. The van der Waals surface area contributed by atoms with Crippen molar-refractivity contribution >= 4 is 21.7 Å². The van der Waals surface area contributed by atoms with Gasteiger partial charge in [-0.25, -0.2) is 12.8 Å². The fourth-order valence-corrected chi connectivity index (χ4v) is 3.39. The number of aryl methyl sites for hydroxylation is 1. The van der Waals surface area contributed by atoms with Crippen LogP contribution in [0.1, 0.15) is 18.4 Å². The standard InChI is InChI=1S/C16H25FN4O3S/c1-12-5-6-13(10-15(12)17)21-25(22,23)9-7-19-16(18-2)20-11-14-4-3-8-24-14/h5-6,10,14,21H,3-4,7-9,11H2,1-2H3,(H2,18,19,20). The molecule has 1 aliphatic rings. The summed E-state index contributed by atoms with van der Waals surface area (Å²) in [5, 5.41) is 6.06. The summed E-state index contributed by atoms with van der Waals surface area (Å²) in [6, 6.07) is 4.23. The number of anilines is 1. The predicted octanol–water partition coefficient (Wildman–Crippen LogP) is 1.22. The normalized spacial score (nSPS) is 18.2. The lowest BCUT2D eigenvalue weighted by molar-refractivity contribution is 0.114. The van der Waals surface area contributed by atoms with Crippen LogP contribution in [0.15, 0.2) is 23.2 Å². The maximum atomic E-state index is 13.5. The van der Waals surface area contributed by atoms with E-state index in [0.29, 0.717) is 18.1 Å². The van der Waals surface area contributed by atoms with Crippen LogP contribution in [0.5, 0.6) is 0 Å². The average molecular weight is 372 g/mol. The second-order valence-corrected chi connectivity index (χ2v) is 7.74. The molecule has 0 aromatic heterocycles. The van der Waals surface area contributed by atoms with Gasteiger partial charge in [0.05, 0.1) is 17.5 Å². The molecule has 140 valence electrons. The minimum absolute atomic E-state index is 0.164. The number of hydrogen-bond donors (Lipinski definition) is 3. The minimum atomic E-state index is -3.59. The van der Waals surface area contributed by atoms with Gasteiger partial charge in [0.1, 0.15) is 5.82 Å². The number of sulfonamides is 1. The third-order valence-electron chi connectivity index (χ3n) is 3.85. The number of aliphatic imine (C=N–C) groups is 1. The SMILES string of the molecule is CN=C(NCCS(=O)(=O)Nc1ccc(C)c(F)c1)NCC1CCCO1. The van der Waals surface area contributed by atoms with E-state index in [1.165, 1.54) is 18.2 Å². The maximum absolute atomic E-state index is 13.5. The average Bonchev–Trinajstić information content (AvgIpc) is 3.07. The Hall–Kier alpha value is -1.87. The molecule has 0 spiro atoms. The molecule has 1 fully saturated rings. The summed E-state index contributed by atoms with van der Waals surface area (Å²) < 4.78 is 45.5. The Morgan fingerprint density at radius 3 is 2.84 bits per heavy atom. The molecule has 0 radical (unpaired) electrons. The molecule has 1 saturated heterocycles. The molecule has 0 bridgehead atoms. The zero-order chi connectivity index (χ0) is 18.3. The molecule has 1 heterocycles. The molecule has 1 atom stereocenters. The first-order valence-corrected chi connectivity index (χ1v) is 9.87. The highest BCUT2D eigenvalue weighted by molar-refractivity contribution is 7.92. The molecule has 7 nitrogen and oxygen atoms in total. The van der Waals surface area contributed by atoms with E-state index in [1.54, 1.807) is 14.0 Å². The number of nitrogens with zero attached hydrogens (tertiary/aromatic N) is 1. The van der Waals surface area contributed by atoms with E-state index >= 15 is 0 Å². The monoisotopic (exact) mass is 372 g/mol. The van der Waals surface area contributed by atoms with Crippen LogP contribution < -0.4 is 15.4 Å². The van der Waals surface area contributed by atoms with Gasteiger partial charge in [-0.2, -0.15) is 0 Å². The molecule has 1 aromatic carbocycles. The van der Waals surface area contributed by atoms with Crippen molar-refractivity contribution in [2.45, 2.75) is 25.9 Å². The Morgan fingerprint density at radius 2 is 2.20 bits per heavy atom. The molecular formula is C16H25FN4O3S. The van der Waals surface area contributed by atoms with Crippen molar-refractivity contribution in [2.75, 3.05) is 37.2 Å². The molecule has 2 rings (SSSR count). The number of hydrogen-bond acceptors (Lipinski definition) is 4. The number of rotatable bonds is 7. The lowest BCUT2D eigenvalue weighted by atomic mass is 10.2. The van der Waals surface area contributed by atoms with E-state index in [0.717, 1.165) is 19.4 Å². The first-order valence-electron chi connectivity index (χ1n) is 8.22. The van der Waals surface area contributed by atoms with Gasteiger partial charge in [0.2, 0.25) is 10.0 Å². The van der Waals surface area contributed by atoms with Gasteiger partial charge in [-0.15, -0.1) is 0 Å². The largest absolute Gasteiger partial charge is 0.376 e. The van der Waals surface area contributed by atoms with Crippen molar-refractivity contribution in [3.63, 3.8) is 0 Å². The quantitative estimate of drug-likeness (QED) is 0.494. The van der Waals surface area contributed by atoms with Crippen molar-refractivity contribution in [3.8, 4) is 0 Å². The van der Waals surface area contributed by atoms with Crippen LogP contribution >= 0.6 is 0 Å². The number of benzene rings is 1. The van der Waals surface area contributed by atoms with E-state index in [1.807, 2.05) is 0 Å². The Morgan fingerprint density at radius 1 is 1.40 bits per heavy atom. The van der Waals surface area contributed by atoms with Gasteiger partial charge in [0, 0.05) is 26.7 Å². The lowest BCUT2D eigenvalue weighted by Gasteiger charge is -2.15. The summed E-state index contributed by atoms with van der Waals surface area (Å²) in [5.74, 6) is -0.0903. The highest BCUT2D eigenvalue weighted by Crippen LogP contribution is 2.15. The molecule has 1 unspecified atom stereocenters. The van der Waals surface area contributed by atoms with E-state index in [4.69, 9.17) is 4.74 Å². The van der Waals surface area contributed by atoms with E-state index < -0.39 is 15.8 Å². The summed E-state index contributed by atoms with van der Waals surface area (Å²) in [7, 11) is -1.97. The molecule has 1 aliphatic heterocycles. The van der Waals surface area contributed by atoms with Gasteiger partial charge < -0.3 is 15.4 Å². The summed E-state index contributed by atoms with van der Waals surface area (Å²) in [6.07, 6.45) is 2.23. The van der Waals surface area contributed by atoms with Gasteiger partial charge in [-0.1, -0.05) is 6.07 Å². The Balaban J connectivity index is 1.77. The third kappa shape index (κ3) is 6.50. The summed E-state index contributed by atoms with van der Waals surface area (Å²) >= 11 is 0. The van der Waals surface area contributed by atoms with Gasteiger partial charge in [-0.3, -0.25) is 9.71 Å². The highest BCUT2D eigenvalue weighted by atomic mass is 32.2. The first-order chi connectivity index (χ1) is 11.9. The number of ether oxygens (including phenoxy) is 1. The van der Waals surface area contributed by atoms with Gasteiger partial charge in [0.25, 0.3) is 0 Å². The van der Waals surface area contributed by atoms with Crippen LogP contribution in [-0.4, -0.2) is 53.0 Å². The van der Waals surface area contributed by atoms with Crippen LogP contribution in [0.2, 0.25) is 0 Å². The second kappa shape index (κ2) is 9.00. The molecule has 3 N–H and O–H groups in total. The van der Waals surface area contributed by atoms with Crippen LogP contribution in [0.4, 0.5) is 10.1 Å². The van der Waals surface area contributed by atoms with Crippen molar-refractivity contribution in [3.05, 3.63) is 29.6 Å². The summed E-state index contributed by atoms with van der Waals surface area (Å²) in [6.45, 7) is 3.21. The van der Waals surface area contributed by atoms with Crippen LogP contribution in [-0.2, 0) is 14.8 Å². The summed E-state index contributed by atoms with van der Waals surface area (Å²) in [5.41, 5.74) is 0.676. The number of guanidine groups is 1. The fraction of sp³-hybridized carbons (Fsp3) is 0.562. The Bertz CT molecular complexity index is 703. The van der Waals surface area contributed by atoms with Crippen molar-refractivity contribution < 1.29 is 17.5 Å². The van der Waals surface area contributed by atoms with Gasteiger partial charge >= 0.3 is 0 Å². The topological polar surface area (TPSA) is 91.8 Å². The molecule has 0 amide bonds. The van der Waals surface area contributed by atoms with Crippen molar-refractivity contribution in [2.24, 2.45) is 4.99 Å². The third-order valence-corrected chi connectivity index (χ3v) is 5.14. The number of halogens is 1. The second-order valence-electron chi connectivity index (χ2n) is 5.90. The van der Waals surface area contributed by atoms with Crippen LogP contribution in [0.3, 0.4) is 0 Å². The molecule has 0 saturated carbocycles. The van der Waals surface area contributed by atoms with Crippen LogP contribution in [0.25, 0.3) is 0 Å². The Labute approximate surface area is 148 Å². The van der Waals surface area contributed by atoms with E-state index in [9.17, 15) is 12.8 Å². The Kier molecular flexibility index (Phi) is 7.01. The van der Waals surface area contributed by atoms with Crippen LogP contribution in [0, 0.1) is 12.7 Å². The molecule has 9 heteroatoms. The zero-order valence-electron chi connectivity index (χ0n) is 14.5. The van der Waals surface area contributed by atoms with Gasteiger partial charge in [-0.05, 0) is 37.5 Å². The lowest BCUT2D eigenvalue weighted by Crippen LogP contribution is -2.43. The number of nitrogens with one attached hydrogen (secondary N) is 3. The summed E-state index contributed by atoms with van der Waals surface area (Å²) in [4.78, 5) is 4.05. The smallest absolute Gasteiger partial charge is 0.234 e. The van der Waals surface area contributed by atoms with E-state index in [-0.39, 0.29) is 24.1 Å². The van der Waals surface area contributed by atoms with Crippen molar-refractivity contribution in [1.29, 1.82) is 0 Å². The van der Waals surface area contributed by atoms with Gasteiger partial charge in [0.15, 0.2) is 5.96 Å². The highest BCUT2D eigenvalue weighted by Gasteiger charge is 2.16. The predicted molar refractivity (Wildman–Crippen MR) is 96.9 cm³/mol. The first kappa shape index (κ1) is 19.5. The molecule has 1 aromatic rings. The zero-order valence-corrected chi connectivity index (χ0v) is 15.3. The minimum Gasteiger partial charge on any atom is -0.376 e. The van der Waals surface area contributed by atoms with Crippen molar-refractivity contribution in [1.82, 2.24) is 10.6 Å².